The molecule has 0 bridgehead atoms. The van der Waals surface area contributed by atoms with Crippen molar-refractivity contribution in [3.05, 3.63) is 22.4 Å². The van der Waals surface area contributed by atoms with Crippen molar-refractivity contribution in [3.63, 3.8) is 0 Å². The van der Waals surface area contributed by atoms with Gasteiger partial charge in [-0.15, -0.1) is 0 Å². The normalized spacial score (nSPS) is 15.6. The average molecular weight is 202 g/mol. The molecule has 0 aromatic carbocycles. The summed E-state index contributed by atoms with van der Waals surface area (Å²) < 4.78 is 10.1. The lowest BCUT2D eigenvalue weighted by Crippen LogP contribution is -2.26. The Morgan fingerprint density at radius 1 is 1.54 bits per heavy atom. The van der Waals surface area contributed by atoms with E-state index in [2.05, 4.69) is 0 Å². The Morgan fingerprint density at radius 3 is 2.85 bits per heavy atom. The predicted octanol–water partition coefficient (Wildman–Crippen LogP) is 1.58. The molecule has 1 N–H and O–H groups in total. The van der Waals surface area contributed by atoms with Crippen LogP contribution in [0.2, 0.25) is 0 Å². The van der Waals surface area contributed by atoms with Gasteiger partial charge < -0.3 is 14.6 Å². The molecule has 1 unspecified atom stereocenters. The van der Waals surface area contributed by atoms with Gasteiger partial charge in [0.25, 0.3) is 0 Å². The van der Waals surface area contributed by atoms with Crippen LogP contribution in [0.1, 0.15) is 12.5 Å². The number of hydrogen-bond donors (Lipinski definition) is 1. The Morgan fingerprint density at radius 2 is 2.31 bits per heavy atom. The van der Waals surface area contributed by atoms with Gasteiger partial charge in [-0.1, -0.05) is 0 Å². The minimum atomic E-state index is -1.20. The molecular weight excluding hydrogens is 188 g/mol. The molecule has 0 aliphatic carbocycles. The first-order valence-corrected chi connectivity index (χ1v) is 4.99. The van der Waals surface area contributed by atoms with E-state index in [0.717, 1.165) is 5.56 Å². The van der Waals surface area contributed by atoms with Crippen molar-refractivity contribution < 1.29 is 14.6 Å². The molecule has 1 heterocycles. The zero-order valence-corrected chi connectivity index (χ0v) is 8.63. The van der Waals surface area contributed by atoms with Gasteiger partial charge in [-0.25, -0.2) is 0 Å². The van der Waals surface area contributed by atoms with Gasteiger partial charge in [0.15, 0.2) is 5.79 Å². The minimum Gasteiger partial charge on any atom is -0.382 e. The maximum atomic E-state index is 9.83. The highest BCUT2D eigenvalue weighted by Crippen LogP contribution is 2.23. The lowest BCUT2D eigenvalue weighted by molar-refractivity contribution is -0.203. The van der Waals surface area contributed by atoms with Gasteiger partial charge in [-0.3, -0.25) is 0 Å². The summed E-state index contributed by atoms with van der Waals surface area (Å²) in [6.07, 6.45) is 0. The molecule has 0 spiro atoms. The fourth-order valence-electron chi connectivity index (χ4n) is 0.935. The zero-order valence-electron chi connectivity index (χ0n) is 7.82. The van der Waals surface area contributed by atoms with E-state index >= 15 is 0 Å². The third-order valence-corrected chi connectivity index (χ3v) is 2.41. The van der Waals surface area contributed by atoms with Crippen LogP contribution in [-0.2, 0) is 15.3 Å². The summed E-state index contributed by atoms with van der Waals surface area (Å²) in [6.45, 7) is 2.50. The van der Waals surface area contributed by atoms with Crippen LogP contribution in [-0.4, -0.2) is 25.4 Å². The molecule has 0 radical (unpaired) electrons. The van der Waals surface area contributed by atoms with Crippen LogP contribution in [0, 0.1) is 0 Å². The van der Waals surface area contributed by atoms with Gasteiger partial charge in [0.1, 0.15) is 0 Å². The number of hydrogen-bond acceptors (Lipinski definition) is 4. The maximum Gasteiger partial charge on any atom is 0.190 e. The summed E-state index contributed by atoms with van der Waals surface area (Å²) in [6, 6.07) is 1.84. The summed E-state index contributed by atoms with van der Waals surface area (Å²) in [7, 11) is 1.60. The van der Waals surface area contributed by atoms with Crippen LogP contribution in [0.5, 0.6) is 0 Å². The smallest absolute Gasteiger partial charge is 0.190 e. The standard InChI is InChI=1S/C9H14O3S/c1-9(10,12-5-4-11-2)8-3-6-13-7-8/h3,6-7,10H,4-5H2,1-2H3. The Bertz CT molecular complexity index is 231. The van der Waals surface area contributed by atoms with Crippen LogP contribution in [0.3, 0.4) is 0 Å². The number of methoxy groups -OCH3 is 1. The molecule has 1 rings (SSSR count). The van der Waals surface area contributed by atoms with Gasteiger partial charge in [-0.2, -0.15) is 11.3 Å². The van der Waals surface area contributed by atoms with Gasteiger partial charge in [-0.05, 0) is 23.8 Å². The number of ether oxygens (including phenoxy) is 2. The quantitative estimate of drug-likeness (QED) is 0.582. The van der Waals surface area contributed by atoms with E-state index in [1.165, 1.54) is 11.3 Å². The van der Waals surface area contributed by atoms with Crippen molar-refractivity contribution in [1.29, 1.82) is 0 Å². The predicted molar refractivity (Wildman–Crippen MR) is 51.7 cm³/mol. The van der Waals surface area contributed by atoms with E-state index in [0.29, 0.717) is 13.2 Å². The zero-order chi connectivity index (χ0) is 9.73. The van der Waals surface area contributed by atoms with Crippen molar-refractivity contribution in [2.24, 2.45) is 0 Å². The summed E-state index contributed by atoms with van der Waals surface area (Å²) in [5.74, 6) is -1.20. The Labute approximate surface area is 81.9 Å². The second-order valence-electron chi connectivity index (χ2n) is 2.84. The summed E-state index contributed by atoms with van der Waals surface area (Å²) in [5.41, 5.74) is 0.786. The second-order valence-corrected chi connectivity index (χ2v) is 3.62. The van der Waals surface area contributed by atoms with Crippen molar-refractivity contribution in [2.75, 3.05) is 20.3 Å². The lowest BCUT2D eigenvalue weighted by atomic mass is 10.2. The lowest BCUT2D eigenvalue weighted by Gasteiger charge is -2.22. The largest absolute Gasteiger partial charge is 0.382 e. The fraction of sp³-hybridized carbons (Fsp3) is 0.556. The topological polar surface area (TPSA) is 38.7 Å². The highest BCUT2D eigenvalue weighted by atomic mass is 32.1. The molecule has 0 saturated heterocycles. The third-order valence-electron chi connectivity index (χ3n) is 1.73. The van der Waals surface area contributed by atoms with Crippen LogP contribution in [0.15, 0.2) is 16.8 Å². The number of aliphatic hydroxyl groups is 1. The number of thiophene rings is 1. The molecule has 0 aliphatic rings. The van der Waals surface area contributed by atoms with Gasteiger partial charge >= 0.3 is 0 Å². The van der Waals surface area contributed by atoms with Crippen LogP contribution < -0.4 is 0 Å². The monoisotopic (exact) mass is 202 g/mol. The second kappa shape index (κ2) is 4.72. The Kier molecular flexibility index (Phi) is 3.87. The molecule has 0 aliphatic heterocycles. The third kappa shape index (κ3) is 3.08. The molecule has 1 aromatic rings. The van der Waals surface area contributed by atoms with E-state index in [-0.39, 0.29) is 0 Å². The Balaban J connectivity index is 2.46. The summed E-state index contributed by atoms with van der Waals surface area (Å²) in [5, 5.41) is 13.6. The van der Waals surface area contributed by atoms with E-state index in [1.54, 1.807) is 14.0 Å². The molecule has 74 valence electrons. The van der Waals surface area contributed by atoms with Crippen LogP contribution in [0.4, 0.5) is 0 Å². The average Bonchev–Trinajstić information content (AvgIpc) is 2.56. The van der Waals surface area contributed by atoms with Crippen molar-refractivity contribution in [3.8, 4) is 0 Å². The molecule has 13 heavy (non-hydrogen) atoms. The molecule has 1 atom stereocenters. The van der Waals surface area contributed by atoms with Crippen LogP contribution in [0.25, 0.3) is 0 Å². The van der Waals surface area contributed by atoms with E-state index in [1.807, 2.05) is 16.8 Å². The SMILES string of the molecule is COCCOC(C)(O)c1ccsc1. The first-order chi connectivity index (χ1) is 6.17. The maximum absolute atomic E-state index is 9.83. The van der Waals surface area contributed by atoms with Crippen LogP contribution >= 0.6 is 11.3 Å². The van der Waals surface area contributed by atoms with Gasteiger partial charge in [0.05, 0.1) is 13.2 Å². The highest BCUT2D eigenvalue weighted by molar-refractivity contribution is 7.07. The van der Waals surface area contributed by atoms with Crippen molar-refractivity contribution in [2.45, 2.75) is 12.7 Å². The Hall–Kier alpha value is -0.420. The molecule has 0 saturated carbocycles. The highest BCUT2D eigenvalue weighted by Gasteiger charge is 2.23. The van der Waals surface area contributed by atoms with Gasteiger partial charge in [0, 0.05) is 12.7 Å². The van der Waals surface area contributed by atoms with E-state index in [4.69, 9.17) is 9.47 Å². The number of rotatable bonds is 5. The molecular formula is C9H14O3S. The van der Waals surface area contributed by atoms with Crippen molar-refractivity contribution in [1.82, 2.24) is 0 Å². The molecule has 1 aromatic heterocycles. The van der Waals surface area contributed by atoms with E-state index in [9.17, 15) is 5.11 Å². The summed E-state index contributed by atoms with van der Waals surface area (Å²) >= 11 is 1.53. The summed E-state index contributed by atoms with van der Waals surface area (Å²) in [4.78, 5) is 0. The fourth-order valence-corrected chi connectivity index (χ4v) is 1.68. The minimum absolute atomic E-state index is 0.388. The van der Waals surface area contributed by atoms with Gasteiger partial charge in [0.2, 0.25) is 0 Å². The van der Waals surface area contributed by atoms with Crippen molar-refractivity contribution >= 4 is 11.3 Å². The molecule has 0 amide bonds. The first kappa shape index (κ1) is 10.7. The molecule has 3 nitrogen and oxygen atoms in total. The van der Waals surface area contributed by atoms with E-state index < -0.39 is 5.79 Å². The molecule has 0 fully saturated rings. The molecule has 4 heteroatoms. The first-order valence-electron chi connectivity index (χ1n) is 4.05.